The molecule has 0 spiro atoms. The van der Waals surface area contributed by atoms with Crippen LogP contribution >= 0.6 is 0 Å². The third-order valence-corrected chi connectivity index (χ3v) is 4.70. The molecular weight excluding hydrogens is 336 g/mol. The fraction of sp³-hybridized carbons (Fsp3) is 0.900. The molecule has 0 aromatic rings. The molecule has 0 saturated carbocycles. The van der Waals surface area contributed by atoms with E-state index in [4.69, 9.17) is 0 Å². The van der Waals surface area contributed by atoms with Crippen LogP contribution in [-0.2, 0) is 29.4 Å². The Kier molecular flexibility index (Phi) is 9.81. The van der Waals surface area contributed by atoms with Gasteiger partial charge in [0.2, 0.25) is 0 Å². The average Bonchev–Trinajstić information content (AvgIpc) is 2.49. The van der Waals surface area contributed by atoms with Gasteiger partial charge in [-0.05, 0) is 58.8 Å². The van der Waals surface area contributed by atoms with Gasteiger partial charge in [-0.1, -0.05) is 47.0 Å². The molecule has 0 aromatic heterocycles. The summed E-state index contributed by atoms with van der Waals surface area (Å²) in [6.07, 6.45) is 5.01. The van der Waals surface area contributed by atoms with Crippen molar-refractivity contribution < 1.29 is 29.4 Å². The zero-order valence-electron chi connectivity index (χ0n) is 18.1. The predicted molar refractivity (Wildman–Crippen MR) is 99.3 cm³/mol. The summed E-state index contributed by atoms with van der Waals surface area (Å²) in [7, 11) is 0. The molecule has 26 heavy (non-hydrogen) atoms. The normalized spacial score (nSPS) is 14.8. The van der Waals surface area contributed by atoms with Gasteiger partial charge < -0.3 is 0 Å². The summed E-state index contributed by atoms with van der Waals surface area (Å²) in [6, 6.07) is 0. The maximum absolute atomic E-state index is 12.3. The van der Waals surface area contributed by atoms with Crippen molar-refractivity contribution in [1.29, 1.82) is 0 Å². The van der Waals surface area contributed by atoms with E-state index in [1.807, 2.05) is 13.8 Å². The van der Waals surface area contributed by atoms with Crippen LogP contribution in [0, 0.1) is 22.2 Å². The summed E-state index contributed by atoms with van der Waals surface area (Å²) in [5, 5.41) is 8.56. The molecule has 1 unspecified atom stereocenters. The lowest BCUT2D eigenvalue weighted by molar-refractivity contribution is -0.602. The largest absolute Gasteiger partial charge is 0.351 e. The molecule has 154 valence electrons. The zero-order valence-corrected chi connectivity index (χ0v) is 18.1. The van der Waals surface area contributed by atoms with Crippen LogP contribution < -0.4 is 0 Å². The molecule has 6 heteroatoms. The Hall–Kier alpha value is -1.14. The lowest BCUT2D eigenvalue weighted by atomic mass is 9.70. The van der Waals surface area contributed by atoms with E-state index in [-0.39, 0.29) is 5.41 Å². The minimum Gasteiger partial charge on any atom is -0.265 e. The summed E-state index contributed by atoms with van der Waals surface area (Å²) < 4.78 is 0. The summed E-state index contributed by atoms with van der Waals surface area (Å²) in [4.78, 5) is 32.9. The molecule has 0 aliphatic rings. The Morgan fingerprint density at radius 3 is 1.81 bits per heavy atom. The first-order valence-corrected chi connectivity index (χ1v) is 9.50. The Labute approximate surface area is 158 Å². The Morgan fingerprint density at radius 1 is 0.885 bits per heavy atom. The van der Waals surface area contributed by atoms with Crippen LogP contribution in [0.2, 0.25) is 0 Å². The van der Waals surface area contributed by atoms with Crippen LogP contribution in [0.4, 0.5) is 0 Å². The average molecular weight is 375 g/mol. The number of carbonyl (C=O) groups excluding carboxylic acids is 2. The van der Waals surface area contributed by atoms with Crippen LogP contribution in [0.3, 0.4) is 0 Å². The van der Waals surface area contributed by atoms with E-state index in [0.29, 0.717) is 12.3 Å². The third kappa shape index (κ3) is 9.53. The van der Waals surface area contributed by atoms with Gasteiger partial charge in [0.25, 0.3) is 0 Å². The van der Waals surface area contributed by atoms with Gasteiger partial charge in [-0.15, -0.1) is 0 Å². The van der Waals surface area contributed by atoms with Crippen molar-refractivity contribution in [1.82, 2.24) is 0 Å². The van der Waals surface area contributed by atoms with Crippen LogP contribution in [0.15, 0.2) is 0 Å². The van der Waals surface area contributed by atoms with E-state index in [1.54, 1.807) is 20.8 Å². The van der Waals surface area contributed by atoms with Crippen LogP contribution in [0.25, 0.3) is 0 Å². The maximum atomic E-state index is 12.3. The summed E-state index contributed by atoms with van der Waals surface area (Å²) in [5.41, 5.74) is -1.46. The molecule has 0 saturated heterocycles. The third-order valence-electron chi connectivity index (χ3n) is 4.70. The molecule has 1 atom stereocenters. The van der Waals surface area contributed by atoms with E-state index in [2.05, 4.69) is 47.5 Å². The van der Waals surface area contributed by atoms with Gasteiger partial charge in [0.15, 0.2) is 0 Å². The first-order valence-electron chi connectivity index (χ1n) is 9.50. The lowest BCUT2D eigenvalue weighted by Gasteiger charge is -2.35. The number of hydrogen-bond donors (Lipinski definition) is 0. The molecule has 0 aliphatic heterocycles. The highest BCUT2D eigenvalue weighted by Gasteiger charge is 2.38. The van der Waals surface area contributed by atoms with Crippen molar-refractivity contribution in [2.24, 2.45) is 22.2 Å². The molecule has 0 rings (SSSR count). The van der Waals surface area contributed by atoms with Gasteiger partial charge in [-0.3, -0.25) is 9.78 Å². The molecule has 0 aromatic carbocycles. The fourth-order valence-electron chi connectivity index (χ4n) is 2.79. The minimum absolute atomic E-state index is 0.0387. The maximum Gasteiger partial charge on any atom is 0.351 e. The van der Waals surface area contributed by atoms with Crippen molar-refractivity contribution in [3.63, 3.8) is 0 Å². The molecule has 6 nitrogen and oxygen atoms in total. The second-order valence-electron chi connectivity index (χ2n) is 9.64. The topological polar surface area (TPSA) is 71.1 Å². The summed E-state index contributed by atoms with van der Waals surface area (Å²) in [6.45, 7) is 17.4. The SMILES string of the molecule is CCC(C)(CCCC(C)C)CC(C)(C)C(=O)OOOOC(=O)C(C)(C)C. The zero-order chi connectivity index (χ0) is 20.6. The van der Waals surface area contributed by atoms with Crippen molar-refractivity contribution in [2.75, 3.05) is 0 Å². The first-order chi connectivity index (χ1) is 11.7. The van der Waals surface area contributed by atoms with Gasteiger partial charge in [0.1, 0.15) is 0 Å². The standard InChI is InChI=1S/C20H38O6/c1-10-20(9,13-11-12-15(2)3)14-19(7,8)17(22)24-26-25-23-16(21)18(4,5)6/h15H,10-14H2,1-9H3. The fourth-order valence-corrected chi connectivity index (χ4v) is 2.79. The van der Waals surface area contributed by atoms with Gasteiger partial charge >= 0.3 is 11.9 Å². The highest BCUT2D eigenvalue weighted by molar-refractivity contribution is 5.75. The lowest BCUT2D eigenvalue weighted by Crippen LogP contribution is -2.33. The second-order valence-corrected chi connectivity index (χ2v) is 9.64. The van der Waals surface area contributed by atoms with E-state index in [9.17, 15) is 9.59 Å². The van der Waals surface area contributed by atoms with Gasteiger partial charge in [-0.2, -0.15) is 0 Å². The smallest absolute Gasteiger partial charge is 0.265 e. The Bertz CT molecular complexity index is 450. The van der Waals surface area contributed by atoms with Gasteiger partial charge in [-0.25, -0.2) is 9.59 Å². The highest BCUT2D eigenvalue weighted by atomic mass is 17.7. The molecule has 0 bridgehead atoms. The van der Waals surface area contributed by atoms with Crippen molar-refractivity contribution >= 4 is 11.9 Å². The monoisotopic (exact) mass is 374 g/mol. The molecule has 0 fully saturated rings. The summed E-state index contributed by atoms with van der Waals surface area (Å²) in [5.74, 6) is -0.514. The van der Waals surface area contributed by atoms with Gasteiger partial charge in [0, 0.05) is 10.1 Å². The van der Waals surface area contributed by atoms with Crippen LogP contribution in [0.5, 0.6) is 0 Å². The van der Waals surface area contributed by atoms with Crippen molar-refractivity contribution in [3.05, 3.63) is 0 Å². The molecule has 0 heterocycles. The Morgan fingerprint density at radius 2 is 1.38 bits per heavy atom. The van der Waals surface area contributed by atoms with Crippen molar-refractivity contribution in [3.8, 4) is 0 Å². The van der Waals surface area contributed by atoms with Crippen LogP contribution in [0.1, 0.15) is 94.4 Å². The number of hydrogen-bond acceptors (Lipinski definition) is 6. The van der Waals surface area contributed by atoms with E-state index < -0.39 is 22.8 Å². The van der Waals surface area contributed by atoms with E-state index >= 15 is 0 Å². The highest BCUT2D eigenvalue weighted by Crippen LogP contribution is 2.41. The van der Waals surface area contributed by atoms with E-state index in [0.717, 1.165) is 19.3 Å². The Balaban J connectivity index is 4.49. The molecule has 0 amide bonds. The summed E-state index contributed by atoms with van der Waals surface area (Å²) >= 11 is 0. The van der Waals surface area contributed by atoms with Gasteiger partial charge in [0.05, 0.1) is 10.8 Å². The predicted octanol–water partition coefficient (Wildman–Crippen LogP) is 5.56. The molecule has 0 N–H and O–H groups in total. The molecule has 0 radical (unpaired) electrons. The number of carbonyl (C=O) groups is 2. The molecule has 0 aliphatic carbocycles. The molecular formula is C20H38O6. The number of rotatable bonds is 11. The quantitative estimate of drug-likeness (QED) is 0.268. The van der Waals surface area contributed by atoms with Crippen molar-refractivity contribution in [2.45, 2.75) is 94.4 Å². The second kappa shape index (κ2) is 10.3. The first kappa shape index (κ1) is 24.9. The van der Waals surface area contributed by atoms with Crippen LogP contribution in [-0.4, -0.2) is 11.9 Å². The van der Waals surface area contributed by atoms with E-state index in [1.165, 1.54) is 6.42 Å². The minimum atomic E-state index is -0.750.